The van der Waals surface area contributed by atoms with Crippen LogP contribution in [0.25, 0.3) is 11.0 Å². The molecule has 1 saturated heterocycles. The van der Waals surface area contributed by atoms with Gasteiger partial charge in [-0.2, -0.15) is 0 Å². The van der Waals surface area contributed by atoms with Crippen molar-refractivity contribution in [3.63, 3.8) is 0 Å². The Morgan fingerprint density at radius 1 is 1.06 bits per heavy atom. The number of pyridine rings is 1. The number of furan rings is 1. The average molecular weight is 488 g/mol. The smallest absolute Gasteiger partial charge is 0.214 e. The van der Waals surface area contributed by atoms with E-state index >= 15 is 0 Å². The van der Waals surface area contributed by atoms with E-state index < -0.39 is 11.5 Å². The summed E-state index contributed by atoms with van der Waals surface area (Å²) in [6.45, 7) is 8.24. The topological polar surface area (TPSA) is 89.4 Å². The molecule has 3 aromatic rings. The molecule has 2 N–H and O–H groups in total. The molecule has 174 valence electrons. The van der Waals surface area contributed by atoms with Crippen molar-refractivity contribution in [1.29, 1.82) is 10.8 Å². The molecule has 0 bridgehead atoms. The third-order valence-corrected chi connectivity index (χ3v) is 6.23. The van der Waals surface area contributed by atoms with Crippen LogP contribution in [0.5, 0.6) is 0 Å². The van der Waals surface area contributed by atoms with Crippen LogP contribution in [0.4, 0.5) is 5.69 Å². The lowest BCUT2D eigenvalue weighted by Gasteiger charge is -2.39. The number of ether oxygens (including phenoxy) is 1. The van der Waals surface area contributed by atoms with Crippen molar-refractivity contribution in [3.8, 4) is 0 Å². The number of hydrogen-bond donors (Lipinski definition) is 2. The Balaban J connectivity index is 1.60. The molecule has 1 aliphatic rings. The van der Waals surface area contributed by atoms with Crippen molar-refractivity contribution in [2.24, 2.45) is 5.41 Å². The van der Waals surface area contributed by atoms with Crippen LogP contribution in [-0.4, -0.2) is 47.9 Å². The largest absolute Gasteiger partial charge is 0.459 e. The van der Waals surface area contributed by atoms with Gasteiger partial charge in [-0.15, -0.1) is 0 Å². The molecule has 33 heavy (non-hydrogen) atoms. The van der Waals surface area contributed by atoms with Gasteiger partial charge in [0.05, 0.1) is 15.7 Å². The first kappa shape index (κ1) is 23.5. The van der Waals surface area contributed by atoms with Crippen LogP contribution in [0.2, 0.25) is 10.0 Å². The predicted octanol–water partition coefficient (Wildman–Crippen LogP) is 6.02. The van der Waals surface area contributed by atoms with E-state index in [-0.39, 0.29) is 11.8 Å². The molecule has 9 heteroatoms. The molecule has 7 nitrogen and oxygen atoms in total. The van der Waals surface area contributed by atoms with Gasteiger partial charge in [-0.25, -0.2) is 0 Å². The number of aromatic nitrogens is 1. The lowest BCUT2D eigenvalue weighted by Crippen LogP contribution is -2.50. The Kier molecular flexibility index (Phi) is 6.66. The number of nitrogens with zero attached hydrogens (tertiary/aromatic N) is 3. The van der Waals surface area contributed by atoms with Gasteiger partial charge in [0.15, 0.2) is 5.90 Å². The molecule has 1 unspecified atom stereocenters. The Labute approximate surface area is 203 Å². The summed E-state index contributed by atoms with van der Waals surface area (Å²) >= 11 is 12.7. The number of para-hydroxylation sites is 1. The second-order valence-corrected chi connectivity index (χ2v) is 9.92. The highest BCUT2D eigenvalue weighted by Crippen LogP contribution is 2.35. The summed E-state index contributed by atoms with van der Waals surface area (Å²) in [5, 5.41) is 19.0. The van der Waals surface area contributed by atoms with Crippen molar-refractivity contribution in [2.75, 3.05) is 31.1 Å². The van der Waals surface area contributed by atoms with Gasteiger partial charge in [0.2, 0.25) is 5.90 Å². The number of nitrogens with one attached hydrogen (secondary N) is 2. The zero-order valence-corrected chi connectivity index (χ0v) is 20.4. The molecule has 0 saturated carbocycles. The van der Waals surface area contributed by atoms with E-state index in [4.69, 9.17) is 43.2 Å². The normalized spacial score (nSPS) is 16.1. The van der Waals surface area contributed by atoms with E-state index in [1.54, 1.807) is 12.4 Å². The molecule has 3 heterocycles. The summed E-state index contributed by atoms with van der Waals surface area (Å²) in [5.74, 6) is 0.640. The van der Waals surface area contributed by atoms with Crippen LogP contribution in [-0.2, 0) is 4.74 Å². The molecule has 0 amide bonds. The molecule has 1 atom stereocenters. The van der Waals surface area contributed by atoms with Crippen LogP contribution in [0, 0.1) is 16.2 Å². The maximum atomic E-state index is 8.76. The van der Waals surface area contributed by atoms with Crippen LogP contribution >= 0.6 is 23.2 Å². The number of anilines is 1. The van der Waals surface area contributed by atoms with Gasteiger partial charge in [-0.3, -0.25) is 20.7 Å². The van der Waals surface area contributed by atoms with Crippen LogP contribution < -0.4 is 4.90 Å². The second kappa shape index (κ2) is 9.33. The van der Waals surface area contributed by atoms with Gasteiger partial charge < -0.3 is 14.1 Å². The third kappa shape index (κ3) is 5.00. The van der Waals surface area contributed by atoms with Gasteiger partial charge >= 0.3 is 0 Å². The lowest BCUT2D eigenvalue weighted by atomic mass is 9.97. The zero-order chi connectivity index (χ0) is 23.8. The van der Waals surface area contributed by atoms with Crippen LogP contribution in [0.15, 0.2) is 47.1 Å². The van der Waals surface area contributed by atoms with Crippen LogP contribution in [0.1, 0.15) is 32.6 Å². The number of hydrogen-bond acceptors (Lipinski definition) is 7. The van der Waals surface area contributed by atoms with Gasteiger partial charge in [0.1, 0.15) is 17.4 Å². The summed E-state index contributed by atoms with van der Waals surface area (Å²) < 4.78 is 11.9. The maximum absolute atomic E-state index is 8.76. The predicted molar refractivity (Wildman–Crippen MR) is 133 cm³/mol. The fourth-order valence-electron chi connectivity index (χ4n) is 3.84. The number of piperazine rings is 1. The van der Waals surface area contributed by atoms with Crippen molar-refractivity contribution < 1.29 is 9.15 Å². The first-order valence-electron chi connectivity index (χ1n) is 10.8. The molecule has 0 radical (unpaired) electrons. The van der Waals surface area contributed by atoms with Crippen molar-refractivity contribution >= 4 is 51.7 Å². The highest BCUT2D eigenvalue weighted by Gasteiger charge is 2.34. The summed E-state index contributed by atoms with van der Waals surface area (Å²) in [5.41, 5.74) is 1.03. The minimum atomic E-state index is -0.550. The first-order valence-corrected chi connectivity index (χ1v) is 11.5. The molecule has 1 fully saturated rings. The highest BCUT2D eigenvalue weighted by molar-refractivity contribution is 6.38. The van der Waals surface area contributed by atoms with Gasteiger partial charge in [-0.1, -0.05) is 62.2 Å². The SMILES string of the molecule is CC(C)(C)C(=N)OC(=N)C(c1cc2ccccc2o1)N1CCN(c2c(Cl)cncc2Cl)CC1. The Morgan fingerprint density at radius 2 is 1.70 bits per heavy atom. The van der Waals surface area contributed by atoms with E-state index in [1.807, 2.05) is 51.1 Å². The zero-order valence-electron chi connectivity index (χ0n) is 18.9. The molecular formula is C24H27Cl2N5O2. The third-order valence-electron chi connectivity index (χ3n) is 5.68. The molecule has 0 aliphatic carbocycles. The summed E-state index contributed by atoms with van der Waals surface area (Å²) in [6.07, 6.45) is 3.18. The summed E-state index contributed by atoms with van der Waals surface area (Å²) in [6, 6.07) is 9.15. The summed E-state index contributed by atoms with van der Waals surface area (Å²) in [4.78, 5) is 8.29. The van der Waals surface area contributed by atoms with Crippen molar-refractivity contribution in [3.05, 3.63) is 58.5 Å². The minimum Gasteiger partial charge on any atom is -0.459 e. The Bertz CT molecular complexity index is 1130. The van der Waals surface area contributed by atoms with E-state index in [1.165, 1.54) is 0 Å². The van der Waals surface area contributed by atoms with E-state index in [0.717, 1.165) is 16.7 Å². The Morgan fingerprint density at radius 3 is 2.30 bits per heavy atom. The number of halogens is 2. The van der Waals surface area contributed by atoms with Gasteiger partial charge in [0.25, 0.3) is 0 Å². The second-order valence-electron chi connectivity index (χ2n) is 9.11. The molecule has 0 spiro atoms. The lowest BCUT2D eigenvalue weighted by molar-refractivity contribution is 0.193. The minimum absolute atomic E-state index is 0.0255. The van der Waals surface area contributed by atoms with E-state index in [9.17, 15) is 0 Å². The quantitative estimate of drug-likeness (QED) is 0.347. The van der Waals surface area contributed by atoms with Crippen LogP contribution in [0.3, 0.4) is 0 Å². The van der Waals surface area contributed by atoms with Crippen molar-refractivity contribution in [1.82, 2.24) is 9.88 Å². The van der Waals surface area contributed by atoms with Crippen molar-refractivity contribution in [2.45, 2.75) is 26.8 Å². The Hall–Kier alpha value is -2.61. The van der Waals surface area contributed by atoms with Gasteiger partial charge in [-0.05, 0) is 12.1 Å². The number of benzene rings is 1. The molecule has 4 rings (SSSR count). The average Bonchev–Trinajstić information content (AvgIpc) is 3.17. The number of fused-ring (bicyclic) bond motifs is 1. The number of rotatable bonds is 4. The fourth-order valence-corrected chi connectivity index (χ4v) is 4.45. The molecule has 1 aromatic carbocycles. The highest BCUT2D eigenvalue weighted by atomic mass is 35.5. The fraction of sp³-hybridized carbons (Fsp3) is 0.375. The molecule has 1 aliphatic heterocycles. The van der Waals surface area contributed by atoms with E-state index in [0.29, 0.717) is 42.0 Å². The van der Waals surface area contributed by atoms with Gasteiger partial charge in [0, 0.05) is 49.4 Å². The summed E-state index contributed by atoms with van der Waals surface area (Å²) in [7, 11) is 0. The first-order chi connectivity index (χ1) is 15.6. The molecular weight excluding hydrogens is 461 g/mol. The molecule has 2 aromatic heterocycles. The maximum Gasteiger partial charge on any atom is 0.214 e. The standard InChI is InChI=1S/C24H27Cl2N5O2/c1-24(2,3)23(28)33-22(27)21(19-12-15-6-4-5-7-18(15)32-19)31-10-8-30(9-11-31)20-16(25)13-29-14-17(20)26/h4-7,12-14,21,27-28H,8-11H2,1-3H3. The van der Waals surface area contributed by atoms with E-state index in [2.05, 4.69) is 14.8 Å². The monoisotopic (exact) mass is 487 g/mol.